The van der Waals surface area contributed by atoms with Crippen molar-refractivity contribution in [3.63, 3.8) is 0 Å². The number of aromatic nitrogens is 1. The molecular weight excluding hydrogens is 592 g/mol. The maximum absolute atomic E-state index is 12.0. The fourth-order valence-electron chi connectivity index (χ4n) is 3.79. The van der Waals surface area contributed by atoms with E-state index in [1.54, 1.807) is 0 Å². The number of carbonyl (C=O) groups is 1. The molecule has 2 aromatic carbocycles. The van der Waals surface area contributed by atoms with Gasteiger partial charge in [-0.05, 0) is 0 Å². The number of nitrogens with one attached hydrogen (secondary N) is 1. The van der Waals surface area contributed by atoms with Crippen LogP contribution in [-0.2, 0) is 16.6 Å². The van der Waals surface area contributed by atoms with Crippen LogP contribution in [0.15, 0.2) is 54.7 Å². The number of anilines is 3. The molecule has 1 fully saturated rings. The van der Waals surface area contributed by atoms with Gasteiger partial charge in [0, 0.05) is 0 Å². The molecule has 4 rings (SSSR count). The number of hydrogen-bond donors (Lipinski definition) is 1. The quantitative estimate of drug-likeness (QED) is 0.347. The number of nitrogens with zero attached hydrogens (tertiary/aromatic N) is 3. The molecule has 0 atom stereocenters. The predicted molar refractivity (Wildman–Crippen MR) is 127 cm³/mol. The monoisotopic (exact) mass is 615 g/mol. The van der Waals surface area contributed by atoms with Gasteiger partial charge in [0.05, 0.1) is 0 Å². The van der Waals surface area contributed by atoms with Gasteiger partial charge in [-0.1, -0.05) is 6.07 Å². The van der Waals surface area contributed by atoms with Crippen molar-refractivity contribution in [2.75, 3.05) is 41.3 Å². The number of hydrogen-bond acceptors (Lipinski definition) is 4. The number of para-hydroxylation sites is 1. The molecule has 1 saturated heterocycles. The van der Waals surface area contributed by atoms with Gasteiger partial charge in [-0.25, -0.2) is 0 Å². The van der Waals surface area contributed by atoms with Crippen molar-refractivity contribution in [1.82, 2.24) is 2.38 Å². The van der Waals surface area contributed by atoms with Gasteiger partial charge in [-0.15, -0.1) is 0 Å². The van der Waals surface area contributed by atoms with Gasteiger partial charge in [0.1, 0.15) is 0 Å². The van der Waals surface area contributed by atoms with E-state index < -0.39 is 23.4 Å². The number of piperazine rings is 1. The fourth-order valence-corrected chi connectivity index (χ4v) is 11.6. The van der Waals surface area contributed by atoms with Gasteiger partial charge in [0.25, 0.3) is 0 Å². The molecule has 5 nitrogen and oxygen atoms in total. The van der Waals surface area contributed by atoms with Crippen LogP contribution in [0.3, 0.4) is 0 Å². The standard InChI is InChI=1S/C21H23N4O.PS.Tl/c1-2-21(26)23-20-15-22-19-9-8-17(14-18(19)20)25-12-10-24(11-13-25)16-6-4-3-5-7-16;1-2;/h3-9,14-15H,2,10-13H2,1H3,(H,23,26);;/q2*-1;+3. The van der Waals surface area contributed by atoms with Gasteiger partial charge >= 0.3 is 184 Å². The summed E-state index contributed by atoms with van der Waals surface area (Å²) in [5.74, 6) is 0.0526. The van der Waals surface area contributed by atoms with Crippen LogP contribution >= 0.6 is 4.00 Å². The van der Waals surface area contributed by atoms with E-state index in [1.807, 2.05) is 6.92 Å². The summed E-state index contributed by atoms with van der Waals surface area (Å²) in [6.07, 6.45) is 2.58. The summed E-state index contributed by atoms with van der Waals surface area (Å²) in [7, 11) is 0. The molecule has 1 aliphatic heterocycles. The first kappa shape index (κ1) is 20.9. The first-order valence-corrected chi connectivity index (χ1v) is 19.9. The molecule has 1 aliphatic rings. The summed E-state index contributed by atoms with van der Waals surface area (Å²) < 4.78 is 3.43. The third-order valence-corrected chi connectivity index (χ3v) is 13.8. The second-order valence-corrected chi connectivity index (χ2v) is 20.4. The number of benzene rings is 2. The average Bonchev–Trinajstić information content (AvgIpc) is 3.11. The van der Waals surface area contributed by atoms with Crippen LogP contribution in [0.25, 0.3) is 10.9 Å². The molecule has 0 radical (unpaired) electrons. The molecule has 0 saturated carbocycles. The van der Waals surface area contributed by atoms with E-state index in [0.717, 1.165) is 41.3 Å². The summed E-state index contributed by atoms with van der Waals surface area (Å²) in [6.45, 7) is 5.87. The zero-order valence-corrected chi connectivity index (χ0v) is 22.6. The molecule has 29 heavy (non-hydrogen) atoms. The molecule has 0 spiro atoms. The minimum absolute atomic E-state index is 0.0526. The second-order valence-electron chi connectivity index (χ2n) is 7.08. The fraction of sp³-hybridized carbons (Fsp3) is 0.286. The molecule has 0 unspecified atom stereocenters. The average molecular weight is 615 g/mol. The van der Waals surface area contributed by atoms with Gasteiger partial charge in [0.15, 0.2) is 0 Å². The summed E-state index contributed by atoms with van der Waals surface area (Å²) >= 11 is 4.00. The molecule has 0 bridgehead atoms. The zero-order chi connectivity index (χ0) is 20.2. The maximum atomic E-state index is 12.0. The van der Waals surface area contributed by atoms with Crippen LogP contribution in [0.4, 0.5) is 17.1 Å². The summed E-state index contributed by atoms with van der Waals surface area (Å²) in [5.41, 5.74) is 4.64. The Labute approximate surface area is 188 Å². The Morgan fingerprint density at radius 1 is 1.07 bits per heavy atom. The number of rotatable bonds is 5. The van der Waals surface area contributed by atoms with Crippen molar-refractivity contribution in [1.29, 1.82) is 0 Å². The second kappa shape index (κ2) is 9.62. The van der Waals surface area contributed by atoms with E-state index in [9.17, 15) is 4.79 Å². The molecule has 8 heteroatoms. The van der Waals surface area contributed by atoms with Crippen LogP contribution in [-0.4, -0.2) is 57.9 Å². The van der Waals surface area contributed by atoms with Crippen molar-refractivity contribution in [3.8, 4) is 0 Å². The normalized spacial score (nSPS) is 14.0. The van der Waals surface area contributed by atoms with Gasteiger partial charge < -0.3 is 0 Å². The van der Waals surface area contributed by atoms with Crippen molar-refractivity contribution < 1.29 is 4.79 Å². The Hall–Kier alpha value is -1.38. The molecule has 3 aromatic rings. The van der Waals surface area contributed by atoms with Crippen LogP contribution in [0, 0.1) is 0 Å². The van der Waals surface area contributed by atoms with Crippen LogP contribution in [0.5, 0.6) is 0 Å². The molecule has 1 N–H and O–H groups in total. The van der Waals surface area contributed by atoms with Crippen molar-refractivity contribution in [2.45, 2.75) is 13.3 Å². The zero-order valence-electron chi connectivity index (χ0n) is 16.4. The predicted octanol–water partition coefficient (Wildman–Crippen LogP) is 4.11. The van der Waals surface area contributed by atoms with Crippen LogP contribution in [0.1, 0.15) is 13.3 Å². The Morgan fingerprint density at radius 2 is 1.76 bits per heavy atom. The SMILES string of the molecule is CCC(=O)Nc1c[n]([Tl]=[P+]=S)c2ccc(N3CCN(c4ccccc4)CC3)cc12. The topological polar surface area (TPSA) is 40.5 Å². The van der Waals surface area contributed by atoms with Crippen LogP contribution in [0.2, 0.25) is 0 Å². The van der Waals surface area contributed by atoms with Crippen molar-refractivity contribution in [2.24, 2.45) is 0 Å². The molecule has 1 aromatic heterocycles. The molecule has 2 heterocycles. The number of carbonyl (C=O) groups excluding carboxylic acids is 1. The molecule has 0 aliphatic carbocycles. The summed E-state index contributed by atoms with van der Waals surface area (Å²) in [6, 6.07) is 17.3. The number of amides is 1. The molecular formula is C21H23N4OPSTl+. The van der Waals surface area contributed by atoms with Crippen molar-refractivity contribution in [3.05, 3.63) is 54.7 Å². The van der Waals surface area contributed by atoms with E-state index >= 15 is 0 Å². The summed E-state index contributed by atoms with van der Waals surface area (Å²) in [5, 5.41) is 4.21. The number of fused-ring (bicyclic) bond motifs is 1. The van der Waals surface area contributed by atoms with Gasteiger partial charge in [-0.3, -0.25) is 0 Å². The first-order chi connectivity index (χ1) is 14.2. The summed E-state index contributed by atoms with van der Waals surface area (Å²) in [4.78, 5) is 16.9. The van der Waals surface area contributed by atoms with Gasteiger partial charge in [-0.2, -0.15) is 0 Å². The van der Waals surface area contributed by atoms with E-state index in [4.69, 9.17) is 11.8 Å². The minimum atomic E-state index is -1.24. The van der Waals surface area contributed by atoms with Gasteiger partial charge in [0.2, 0.25) is 0 Å². The molecule has 1 amide bonds. The molecule has 146 valence electrons. The Morgan fingerprint density at radius 3 is 2.41 bits per heavy atom. The Balaban J connectivity index is 1.59. The van der Waals surface area contributed by atoms with E-state index in [1.165, 1.54) is 16.9 Å². The Bertz CT molecular complexity index is 1070. The third-order valence-electron chi connectivity index (χ3n) is 5.35. The van der Waals surface area contributed by atoms with Crippen molar-refractivity contribution >= 4 is 73.1 Å². The third kappa shape index (κ3) is 4.70. The first-order valence-electron chi connectivity index (χ1n) is 9.85. The van der Waals surface area contributed by atoms with E-state index in [0.29, 0.717) is 6.42 Å². The Kier molecular flexibility index (Phi) is 6.93. The van der Waals surface area contributed by atoms with E-state index in [2.05, 4.69) is 72.2 Å². The van der Waals surface area contributed by atoms with Crippen LogP contribution < -0.4 is 15.1 Å². The van der Waals surface area contributed by atoms with E-state index in [-0.39, 0.29) is 5.91 Å².